The van der Waals surface area contributed by atoms with Crippen LogP contribution in [-0.2, 0) is 11.3 Å². The van der Waals surface area contributed by atoms with Crippen LogP contribution in [0.2, 0.25) is 0 Å². The zero-order chi connectivity index (χ0) is 18.9. The second-order valence-corrected chi connectivity index (χ2v) is 7.30. The minimum absolute atomic E-state index is 0.0389. The van der Waals surface area contributed by atoms with Crippen molar-refractivity contribution in [3.8, 4) is 0 Å². The van der Waals surface area contributed by atoms with Gasteiger partial charge in [-0.25, -0.2) is 9.18 Å². The summed E-state index contributed by atoms with van der Waals surface area (Å²) in [4.78, 5) is 30.6. The predicted octanol–water partition coefficient (Wildman–Crippen LogP) is 2.78. The lowest BCUT2D eigenvalue weighted by Gasteiger charge is -2.17. The average Bonchev–Trinajstić information content (AvgIpc) is 3.22. The van der Waals surface area contributed by atoms with Gasteiger partial charge in [-0.1, -0.05) is 0 Å². The third-order valence-electron chi connectivity index (χ3n) is 5.49. The Kier molecular flexibility index (Phi) is 4.51. The number of nitrogens with one attached hydrogen (secondary N) is 2. The second-order valence-electron chi connectivity index (χ2n) is 7.30. The van der Waals surface area contributed by atoms with E-state index in [-0.39, 0.29) is 29.1 Å². The SMILES string of the molecule is O=C(NCc1ccncc1)C1CC12CCN(C(=O)Nc1ccc(F)cc1)C2. The molecule has 2 fully saturated rings. The van der Waals surface area contributed by atoms with Crippen LogP contribution in [0.4, 0.5) is 14.9 Å². The van der Waals surface area contributed by atoms with Crippen molar-refractivity contribution in [1.29, 1.82) is 0 Å². The number of likely N-dealkylation sites (tertiary alicyclic amines) is 1. The molecule has 7 heteroatoms. The number of nitrogens with zero attached hydrogens (tertiary/aromatic N) is 2. The third-order valence-corrected chi connectivity index (χ3v) is 5.49. The summed E-state index contributed by atoms with van der Waals surface area (Å²) in [5.41, 5.74) is 1.48. The van der Waals surface area contributed by atoms with Crippen LogP contribution in [0.25, 0.3) is 0 Å². The molecule has 4 rings (SSSR count). The predicted molar refractivity (Wildman–Crippen MR) is 98.2 cm³/mol. The summed E-state index contributed by atoms with van der Waals surface area (Å²) in [7, 11) is 0. The van der Waals surface area contributed by atoms with Crippen molar-refractivity contribution in [3.05, 3.63) is 60.2 Å². The van der Waals surface area contributed by atoms with Gasteiger partial charge in [-0.05, 0) is 54.8 Å². The molecule has 27 heavy (non-hydrogen) atoms. The maximum Gasteiger partial charge on any atom is 0.321 e. The number of pyridine rings is 1. The molecule has 6 nitrogen and oxygen atoms in total. The molecule has 1 spiro atoms. The molecule has 0 radical (unpaired) electrons. The van der Waals surface area contributed by atoms with E-state index in [9.17, 15) is 14.0 Å². The summed E-state index contributed by atoms with van der Waals surface area (Å²) in [5.74, 6) is -0.331. The number of aromatic nitrogens is 1. The Labute approximate surface area is 156 Å². The molecular weight excluding hydrogens is 347 g/mol. The van der Waals surface area contributed by atoms with E-state index >= 15 is 0 Å². The van der Waals surface area contributed by atoms with Crippen LogP contribution in [0.5, 0.6) is 0 Å². The fraction of sp³-hybridized carbons (Fsp3) is 0.350. The van der Waals surface area contributed by atoms with Gasteiger partial charge < -0.3 is 15.5 Å². The highest BCUT2D eigenvalue weighted by molar-refractivity contribution is 5.90. The van der Waals surface area contributed by atoms with E-state index in [1.165, 1.54) is 24.3 Å². The first kappa shape index (κ1) is 17.5. The van der Waals surface area contributed by atoms with Gasteiger partial charge in [0.2, 0.25) is 5.91 Å². The smallest absolute Gasteiger partial charge is 0.321 e. The van der Waals surface area contributed by atoms with Gasteiger partial charge >= 0.3 is 6.03 Å². The van der Waals surface area contributed by atoms with Crippen LogP contribution >= 0.6 is 0 Å². The lowest BCUT2D eigenvalue weighted by Crippen LogP contribution is -2.34. The first-order valence-electron chi connectivity index (χ1n) is 9.04. The first-order valence-corrected chi connectivity index (χ1v) is 9.04. The number of amides is 3. The quantitative estimate of drug-likeness (QED) is 0.871. The number of hydrogen-bond acceptors (Lipinski definition) is 3. The van der Waals surface area contributed by atoms with Crippen molar-refractivity contribution in [2.45, 2.75) is 19.4 Å². The van der Waals surface area contributed by atoms with Crippen LogP contribution < -0.4 is 10.6 Å². The standard InChI is InChI=1S/C20H21FN4O2/c21-15-1-3-16(4-2-15)24-19(27)25-10-7-20(13-25)11-17(20)18(26)23-12-14-5-8-22-9-6-14/h1-6,8-9,17H,7,10-13H2,(H,23,26)(H,24,27). The van der Waals surface area contributed by atoms with E-state index in [4.69, 9.17) is 0 Å². The Bertz CT molecular complexity index is 843. The molecule has 3 amide bonds. The van der Waals surface area contributed by atoms with Gasteiger partial charge in [0.1, 0.15) is 5.82 Å². The molecule has 1 saturated heterocycles. The maximum atomic E-state index is 13.0. The number of hydrogen-bond donors (Lipinski definition) is 2. The van der Waals surface area contributed by atoms with Crippen molar-refractivity contribution in [1.82, 2.24) is 15.2 Å². The van der Waals surface area contributed by atoms with Crippen LogP contribution in [0.1, 0.15) is 18.4 Å². The van der Waals surface area contributed by atoms with Gasteiger partial charge in [0.05, 0.1) is 0 Å². The van der Waals surface area contributed by atoms with Crippen molar-refractivity contribution >= 4 is 17.6 Å². The van der Waals surface area contributed by atoms with Crippen LogP contribution in [0.3, 0.4) is 0 Å². The number of anilines is 1. The van der Waals surface area contributed by atoms with Crippen LogP contribution in [0.15, 0.2) is 48.8 Å². The van der Waals surface area contributed by atoms with E-state index in [0.29, 0.717) is 25.3 Å². The molecule has 1 aliphatic carbocycles. The fourth-order valence-corrected chi connectivity index (χ4v) is 3.79. The Morgan fingerprint density at radius 1 is 1.19 bits per heavy atom. The minimum Gasteiger partial charge on any atom is -0.352 e. The Hall–Kier alpha value is -2.96. The number of carbonyl (C=O) groups is 2. The zero-order valence-corrected chi connectivity index (χ0v) is 14.8. The molecule has 2 unspecified atom stereocenters. The largest absolute Gasteiger partial charge is 0.352 e. The third kappa shape index (κ3) is 3.77. The fourth-order valence-electron chi connectivity index (χ4n) is 3.79. The van der Waals surface area contributed by atoms with Gasteiger partial charge in [-0.15, -0.1) is 0 Å². The van der Waals surface area contributed by atoms with E-state index in [1.54, 1.807) is 17.3 Å². The van der Waals surface area contributed by atoms with Crippen molar-refractivity contribution in [2.24, 2.45) is 11.3 Å². The molecule has 1 aliphatic heterocycles. The molecule has 0 bridgehead atoms. The number of benzene rings is 1. The number of urea groups is 1. The molecule has 2 N–H and O–H groups in total. The maximum absolute atomic E-state index is 13.0. The zero-order valence-electron chi connectivity index (χ0n) is 14.8. The monoisotopic (exact) mass is 368 g/mol. The van der Waals surface area contributed by atoms with Crippen molar-refractivity contribution < 1.29 is 14.0 Å². The number of carbonyl (C=O) groups excluding carboxylic acids is 2. The molecule has 1 aromatic heterocycles. The molecule has 2 atom stereocenters. The van der Waals surface area contributed by atoms with Gasteiger partial charge in [0, 0.05) is 49.0 Å². The topological polar surface area (TPSA) is 74.3 Å². The van der Waals surface area contributed by atoms with Gasteiger partial charge in [-0.2, -0.15) is 0 Å². The Morgan fingerprint density at radius 3 is 2.67 bits per heavy atom. The minimum atomic E-state index is -0.341. The first-order chi connectivity index (χ1) is 13.1. The Morgan fingerprint density at radius 2 is 1.93 bits per heavy atom. The Balaban J connectivity index is 1.28. The molecule has 140 valence electrons. The van der Waals surface area contributed by atoms with Gasteiger partial charge in [-0.3, -0.25) is 9.78 Å². The summed E-state index contributed by atoms with van der Waals surface area (Å²) in [6, 6.07) is 9.23. The summed E-state index contributed by atoms with van der Waals surface area (Å²) < 4.78 is 13.0. The highest BCUT2D eigenvalue weighted by atomic mass is 19.1. The highest BCUT2D eigenvalue weighted by Gasteiger charge is 2.61. The number of halogens is 1. The van der Waals surface area contributed by atoms with Gasteiger partial charge in [0.15, 0.2) is 0 Å². The van der Waals surface area contributed by atoms with E-state index in [0.717, 1.165) is 18.4 Å². The normalized spacial score (nSPS) is 23.3. The summed E-state index contributed by atoms with van der Waals surface area (Å²) in [6.45, 7) is 1.69. The van der Waals surface area contributed by atoms with Crippen LogP contribution in [0, 0.1) is 17.2 Å². The summed E-state index contributed by atoms with van der Waals surface area (Å²) in [5, 5.41) is 5.76. The molecule has 2 aromatic rings. The highest BCUT2D eigenvalue weighted by Crippen LogP contribution is 2.58. The molecule has 2 heterocycles. The molecular formula is C20H21FN4O2. The number of rotatable bonds is 4. The summed E-state index contributed by atoms with van der Waals surface area (Å²) in [6.07, 6.45) is 5.05. The molecule has 2 aliphatic rings. The second kappa shape index (κ2) is 6.98. The van der Waals surface area contributed by atoms with E-state index in [1.807, 2.05) is 12.1 Å². The van der Waals surface area contributed by atoms with E-state index < -0.39 is 0 Å². The van der Waals surface area contributed by atoms with E-state index in [2.05, 4.69) is 15.6 Å². The molecule has 1 saturated carbocycles. The van der Waals surface area contributed by atoms with Gasteiger partial charge in [0.25, 0.3) is 0 Å². The lowest BCUT2D eigenvalue weighted by molar-refractivity contribution is -0.123. The average molecular weight is 368 g/mol. The molecule has 1 aromatic carbocycles. The van der Waals surface area contributed by atoms with Crippen molar-refractivity contribution in [3.63, 3.8) is 0 Å². The van der Waals surface area contributed by atoms with Crippen LogP contribution in [-0.4, -0.2) is 34.9 Å². The summed E-state index contributed by atoms with van der Waals surface area (Å²) >= 11 is 0. The van der Waals surface area contributed by atoms with Crippen molar-refractivity contribution in [2.75, 3.05) is 18.4 Å². The lowest BCUT2D eigenvalue weighted by atomic mass is 10.0.